The molecule has 0 spiro atoms. The third-order valence-corrected chi connectivity index (χ3v) is 6.06. The van der Waals surface area contributed by atoms with Crippen molar-refractivity contribution >= 4 is 83.9 Å². The molecule has 6 nitrogen and oxygen atoms in total. The van der Waals surface area contributed by atoms with Crippen molar-refractivity contribution in [2.75, 3.05) is 0 Å². The molecule has 0 N–H and O–H groups in total. The summed E-state index contributed by atoms with van der Waals surface area (Å²) in [5.74, 6) is 0. The maximum Gasteiger partial charge on any atom is 0.261 e. The van der Waals surface area contributed by atoms with Crippen LogP contribution in [0.2, 0.25) is 0 Å². The van der Waals surface area contributed by atoms with Crippen molar-refractivity contribution in [3.05, 3.63) is 35.4 Å². The summed E-state index contributed by atoms with van der Waals surface area (Å²) in [5, 5.41) is -2.43. The number of hydrogen-bond donors (Lipinski definition) is 0. The van der Waals surface area contributed by atoms with Gasteiger partial charge in [-0.3, -0.25) is 9.59 Å². The lowest BCUT2D eigenvalue weighted by molar-refractivity contribution is 0.107. The first-order valence-corrected chi connectivity index (χ1v) is 11.1. The molecule has 0 aliphatic rings. The van der Waals surface area contributed by atoms with E-state index < -0.39 is 38.4 Å². The van der Waals surface area contributed by atoms with Gasteiger partial charge in [-0.25, -0.2) is 16.8 Å². The van der Waals surface area contributed by atoms with Crippen LogP contribution in [0.5, 0.6) is 0 Å². The maximum absolute atomic E-state index is 11.6. The number of hydrogen-bond acceptors (Lipinski definition) is 6. The SMILES string of the molecule is O=C(Cl)c1cc(S(=O)(=O)Cl)cc2cc(S(=O)(=O)Cl)cc(C(=O)Cl)c12. The van der Waals surface area contributed by atoms with Crippen LogP contribution in [0.15, 0.2) is 34.1 Å². The van der Waals surface area contributed by atoms with E-state index in [2.05, 4.69) is 0 Å². The zero-order chi connectivity index (χ0) is 18.4. The largest absolute Gasteiger partial charge is 0.276 e. The minimum Gasteiger partial charge on any atom is -0.276 e. The highest BCUT2D eigenvalue weighted by Crippen LogP contribution is 2.33. The zero-order valence-electron chi connectivity index (χ0n) is 11.1. The molecule has 0 amide bonds. The molecule has 0 heterocycles. The van der Waals surface area contributed by atoms with Gasteiger partial charge in [0.25, 0.3) is 28.6 Å². The van der Waals surface area contributed by atoms with Gasteiger partial charge in [0.2, 0.25) is 0 Å². The van der Waals surface area contributed by atoms with Crippen LogP contribution in [-0.2, 0) is 18.1 Å². The van der Waals surface area contributed by atoms with Crippen molar-refractivity contribution < 1.29 is 26.4 Å². The van der Waals surface area contributed by atoms with Crippen LogP contribution in [0.25, 0.3) is 10.8 Å². The van der Waals surface area contributed by atoms with Gasteiger partial charge in [0.15, 0.2) is 0 Å². The van der Waals surface area contributed by atoms with Crippen LogP contribution in [0.1, 0.15) is 20.7 Å². The Bertz CT molecular complexity index is 1020. The summed E-state index contributed by atoms with van der Waals surface area (Å²) in [6.45, 7) is 0. The van der Waals surface area contributed by atoms with E-state index in [-0.39, 0.29) is 21.9 Å². The van der Waals surface area contributed by atoms with E-state index in [1.54, 1.807) is 0 Å². The number of rotatable bonds is 4. The fourth-order valence-corrected chi connectivity index (χ4v) is 3.94. The Hall–Kier alpha value is -0.900. The van der Waals surface area contributed by atoms with Gasteiger partial charge >= 0.3 is 0 Å². The smallest absolute Gasteiger partial charge is 0.261 e. The highest BCUT2D eigenvalue weighted by molar-refractivity contribution is 8.14. The molecule has 0 aliphatic carbocycles. The summed E-state index contributed by atoms with van der Waals surface area (Å²) in [6, 6.07) is 3.65. The lowest BCUT2D eigenvalue weighted by Gasteiger charge is -2.10. The molecule has 0 bridgehead atoms. The second kappa shape index (κ2) is 6.44. The number of carbonyl (C=O) groups excluding carboxylic acids is 2. The highest BCUT2D eigenvalue weighted by Gasteiger charge is 2.23. The first-order valence-electron chi connectivity index (χ1n) is 5.73. The monoisotopic (exact) mass is 448 g/mol. The molecule has 0 aromatic heterocycles. The molecule has 0 fully saturated rings. The quantitative estimate of drug-likeness (QED) is 0.662. The minimum atomic E-state index is -4.27. The van der Waals surface area contributed by atoms with E-state index in [0.29, 0.717) is 0 Å². The standard InChI is InChI=1S/C12H4Cl4O6S2/c13-11(17)8-3-6(23(15,19)20)1-5-2-7(24(16,21)22)4-9(10(5)8)12(14)18/h1-4H. The zero-order valence-corrected chi connectivity index (χ0v) is 15.7. The van der Waals surface area contributed by atoms with Crippen LogP contribution in [0, 0.1) is 0 Å². The first-order chi connectivity index (χ1) is 10.8. The van der Waals surface area contributed by atoms with E-state index in [1.165, 1.54) is 0 Å². The molecule has 2 rings (SSSR count). The van der Waals surface area contributed by atoms with E-state index >= 15 is 0 Å². The molecular weight excluding hydrogens is 446 g/mol. The summed E-state index contributed by atoms with van der Waals surface area (Å²) in [7, 11) is 1.95. The number of carbonyl (C=O) groups is 2. The number of halogens is 4. The van der Waals surface area contributed by atoms with Gasteiger partial charge in [0.05, 0.1) is 9.79 Å². The van der Waals surface area contributed by atoms with Crippen LogP contribution in [-0.4, -0.2) is 27.3 Å². The first kappa shape index (κ1) is 19.4. The lowest BCUT2D eigenvalue weighted by Crippen LogP contribution is -2.03. The van der Waals surface area contributed by atoms with E-state index in [4.69, 9.17) is 44.6 Å². The normalized spacial score (nSPS) is 12.3. The van der Waals surface area contributed by atoms with Gasteiger partial charge in [-0.05, 0) is 52.9 Å². The minimum absolute atomic E-state index is 0.119. The molecule has 128 valence electrons. The molecule has 0 unspecified atom stereocenters. The van der Waals surface area contributed by atoms with Crippen LogP contribution in [0.3, 0.4) is 0 Å². The Labute approximate surface area is 155 Å². The number of benzene rings is 2. The number of fused-ring (bicyclic) bond motifs is 1. The fourth-order valence-electron chi connectivity index (χ4n) is 2.05. The summed E-state index contributed by atoms with van der Waals surface area (Å²) >= 11 is 10.9. The predicted octanol–water partition coefficient (Wildman–Crippen LogP) is 3.45. The lowest BCUT2D eigenvalue weighted by atomic mass is 10.00. The van der Waals surface area contributed by atoms with Crippen LogP contribution < -0.4 is 0 Å². The summed E-state index contributed by atoms with van der Waals surface area (Å²) in [6.07, 6.45) is 0. The van der Waals surface area contributed by atoms with Crippen molar-refractivity contribution in [3.8, 4) is 0 Å². The van der Waals surface area contributed by atoms with Gasteiger partial charge in [-0.1, -0.05) is 0 Å². The van der Waals surface area contributed by atoms with Crippen molar-refractivity contribution in [3.63, 3.8) is 0 Å². The van der Waals surface area contributed by atoms with Crippen LogP contribution in [0.4, 0.5) is 0 Å². The van der Waals surface area contributed by atoms with E-state index in [0.717, 1.165) is 24.3 Å². The molecule has 12 heteroatoms. The third kappa shape index (κ3) is 3.84. The molecule has 0 aliphatic heterocycles. The van der Waals surface area contributed by atoms with Gasteiger partial charge in [-0.2, -0.15) is 0 Å². The maximum atomic E-state index is 11.6. The van der Waals surface area contributed by atoms with Gasteiger partial charge in [0, 0.05) is 37.9 Å². The Kier molecular flexibility index (Phi) is 5.21. The molecule has 0 saturated heterocycles. The van der Waals surface area contributed by atoms with Crippen molar-refractivity contribution in [2.24, 2.45) is 0 Å². The van der Waals surface area contributed by atoms with E-state index in [1.807, 2.05) is 0 Å². The van der Waals surface area contributed by atoms with Gasteiger partial charge in [0.1, 0.15) is 0 Å². The van der Waals surface area contributed by atoms with Gasteiger partial charge in [-0.15, -0.1) is 0 Å². The molecule has 2 aromatic rings. The summed E-state index contributed by atoms with van der Waals surface area (Å²) in [4.78, 5) is 22.2. The Morgan fingerprint density at radius 3 is 1.29 bits per heavy atom. The molecule has 0 atom stereocenters. The average Bonchev–Trinajstić information content (AvgIpc) is 2.42. The summed E-state index contributed by atoms with van der Waals surface area (Å²) in [5.41, 5.74) is -0.758. The molecular formula is C12H4Cl4O6S2. The third-order valence-electron chi connectivity index (χ3n) is 2.98. The average molecular weight is 450 g/mol. The molecule has 2 aromatic carbocycles. The van der Waals surface area contributed by atoms with Gasteiger partial charge < -0.3 is 0 Å². The van der Waals surface area contributed by atoms with Crippen molar-refractivity contribution in [1.82, 2.24) is 0 Å². The Balaban J connectivity index is 3.14. The molecule has 24 heavy (non-hydrogen) atoms. The fraction of sp³-hybridized carbons (Fsp3) is 0. The highest BCUT2D eigenvalue weighted by atomic mass is 35.7. The summed E-state index contributed by atoms with van der Waals surface area (Å²) < 4.78 is 46.1. The second-order valence-corrected chi connectivity index (χ2v) is 10.3. The second-order valence-electron chi connectivity index (χ2n) is 4.46. The van der Waals surface area contributed by atoms with Crippen molar-refractivity contribution in [2.45, 2.75) is 9.79 Å². The topological polar surface area (TPSA) is 102 Å². The van der Waals surface area contributed by atoms with E-state index in [9.17, 15) is 26.4 Å². The van der Waals surface area contributed by atoms with Crippen LogP contribution >= 0.6 is 44.6 Å². The molecule has 0 saturated carbocycles. The Morgan fingerprint density at radius 1 is 0.708 bits per heavy atom. The Morgan fingerprint density at radius 2 is 1.04 bits per heavy atom. The molecule has 0 radical (unpaired) electrons. The predicted molar refractivity (Wildman–Crippen MR) is 90.4 cm³/mol. The van der Waals surface area contributed by atoms with Crippen molar-refractivity contribution in [1.29, 1.82) is 0 Å².